The quantitative estimate of drug-likeness (QED) is 0.841. The van der Waals surface area contributed by atoms with Crippen LogP contribution in [0.25, 0.3) is 0 Å². The van der Waals surface area contributed by atoms with E-state index in [9.17, 15) is 4.79 Å². The SMILES string of the molecule is O=C(O)CC1CCN(c2nncs2)CC1. The lowest BCUT2D eigenvalue weighted by molar-refractivity contribution is -0.138. The Morgan fingerprint density at radius 1 is 1.60 bits per heavy atom. The van der Waals surface area contributed by atoms with Gasteiger partial charge in [-0.3, -0.25) is 4.79 Å². The van der Waals surface area contributed by atoms with Gasteiger partial charge in [0.05, 0.1) is 0 Å². The van der Waals surface area contributed by atoms with Gasteiger partial charge in [-0.15, -0.1) is 10.2 Å². The molecule has 0 atom stereocenters. The van der Waals surface area contributed by atoms with Gasteiger partial charge in [-0.25, -0.2) is 0 Å². The van der Waals surface area contributed by atoms with Crippen LogP contribution in [-0.4, -0.2) is 34.4 Å². The summed E-state index contributed by atoms with van der Waals surface area (Å²) in [6.07, 6.45) is 2.17. The fraction of sp³-hybridized carbons (Fsp3) is 0.667. The Balaban J connectivity index is 1.84. The van der Waals surface area contributed by atoms with Gasteiger partial charge in [0.2, 0.25) is 5.13 Å². The predicted octanol–water partition coefficient (Wildman–Crippen LogP) is 1.23. The number of nitrogens with zero attached hydrogens (tertiary/aromatic N) is 3. The molecule has 0 bridgehead atoms. The number of aliphatic carboxylic acids is 1. The maximum Gasteiger partial charge on any atom is 0.303 e. The third kappa shape index (κ3) is 2.65. The molecule has 0 amide bonds. The predicted molar refractivity (Wildman–Crippen MR) is 57.1 cm³/mol. The number of hydrogen-bond acceptors (Lipinski definition) is 5. The number of carboxylic acid groups (broad SMARTS) is 1. The average molecular weight is 227 g/mol. The molecule has 82 valence electrons. The van der Waals surface area contributed by atoms with E-state index in [4.69, 9.17) is 5.11 Å². The minimum atomic E-state index is -0.690. The first kappa shape index (κ1) is 10.4. The number of carbonyl (C=O) groups is 1. The van der Waals surface area contributed by atoms with Crippen LogP contribution in [0.15, 0.2) is 5.51 Å². The number of aromatic nitrogens is 2. The molecule has 1 aliphatic rings. The van der Waals surface area contributed by atoms with E-state index in [1.165, 1.54) is 11.3 Å². The minimum absolute atomic E-state index is 0.296. The molecule has 15 heavy (non-hydrogen) atoms. The van der Waals surface area contributed by atoms with Gasteiger partial charge in [0, 0.05) is 19.5 Å². The summed E-state index contributed by atoms with van der Waals surface area (Å²) in [6, 6.07) is 0. The first-order valence-electron chi connectivity index (χ1n) is 4.98. The summed E-state index contributed by atoms with van der Waals surface area (Å²) in [7, 11) is 0. The molecule has 0 radical (unpaired) electrons. The summed E-state index contributed by atoms with van der Waals surface area (Å²) in [5.74, 6) is -0.365. The highest BCUT2D eigenvalue weighted by molar-refractivity contribution is 7.13. The largest absolute Gasteiger partial charge is 0.481 e. The van der Waals surface area contributed by atoms with Gasteiger partial charge in [0.1, 0.15) is 5.51 Å². The molecule has 0 spiro atoms. The van der Waals surface area contributed by atoms with Crippen LogP contribution >= 0.6 is 11.3 Å². The minimum Gasteiger partial charge on any atom is -0.481 e. The number of piperidine rings is 1. The summed E-state index contributed by atoms with van der Waals surface area (Å²) < 4.78 is 0. The molecule has 1 aliphatic heterocycles. The van der Waals surface area contributed by atoms with Crippen molar-refractivity contribution in [2.24, 2.45) is 5.92 Å². The topological polar surface area (TPSA) is 66.3 Å². The second-order valence-electron chi connectivity index (χ2n) is 3.75. The Labute approximate surface area is 91.7 Å². The first-order chi connectivity index (χ1) is 7.25. The number of hydrogen-bond donors (Lipinski definition) is 1. The van der Waals surface area contributed by atoms with Crippen LogP contribution in [0.4, 0.5) is 5.13 Å². The highest BCUT2D eigenvalue weighted by Gasteiger charge is 2.22. The summed E-state index contributed by atoms with van der Waals surface area (Å²) in [4.78, 5) is 12.7. The van der Waals surface area contributed by atoms with E-state index in [0.29, 0.717) is 12.3 Å². The van der Waals surface area contributed by atoms with Gasteiger partial charge >= 0.3 is 5.97 Å². The van der Waals surface area contributed by atoms with E-state index in [2.05, 4.69) is 15.1 Å². The number of anilines is 1. The van der Waals surface area contributed by atoms with Crippen molar-refractivity contribution in [3.8, 4) is 0 Å². The monoisotopic (exact) mass is 227 g/mol. The van der Waals surface area contributed by atoms with Crippen molar-refractivity contribution in [3.63, 3.8) is 0 Å². The molecule has 1 fully saturated rings. The van der Waals surface area contributed by atoms with Crippen LogP contribution in [0.2, 0.25) is 0 Å². The van der Waals surface area contributed by atoms with Crippen molar-refractivity contribution in [2.75, 3.05) is 18.0 Å². The highest BCUT2D eigenvalue weighted by Crippen LogP contribution is 2.25. The number of rotatable bonds is 3. The average Bonchev–Trinajstić information content (AvgIpc) is 2.71. The Kier molecular flexibility index (Phi) is 3.15. The van der Waals surface area contributed by atoms with E-state index < -0.39 is 5.97 Å². The third-order valence-corrected chi connectivity index (χ3v) is 3.45. The van der Waals surface area contributed by atoms with Crippen molar-refractivity contribution in [3.05, 3.63) is 5.51 Å². The summed E-state index contributed by atoms with van der Waals surface area (Å²) in [5.41, 5.74) is 1.72. The van der Waals surface area contributed by atoms with Crippen LogP contribution in [0.1, 0.15) is 19.3 Å². The van der Waals surface area contributed by atoms with Gasteiger partial charge in [0.15, 0.2) is 0 Å². The van der Waals surface area contributed by atoms with E-state index in [1.807, 2.05) is 0 Å². The molecule has 1 aromatic rings. The van der Waals surface area contributed by atoms with Crippen molar-refractivity contribution in [2.45, 2.75) is 19.3 Å². The summed E-state index contributed by atoms with van der Waals surface area (Å²) in [6.45, 7) is 1.79. The zero-order valence-corrected chi connectivity index (χ0v) is 9.11. The van der Waals surface area contributed by atoms with Gasteiger partial charge in [0.25, 0.3) is 0 Å². The van der Waals surface area contributed by atoms with Gasteiger partial charge < -0.3 is 10.0 Å². The van der Waals surface area contributed by atoms with Crippen molar-refractivity contribution in [1.29, 1.82) is 0 Å². The van der Waals surface area contributed by atoms with E-state index in [-0.39, 0.29) is 0 Å². The molecular formula is C9H13N3O2S. The molecule has 1 N–H and O–H groups in total. The molecule has 0 aromatic carbocycles. The normalized spacial score (nSPS) is 18.0. The Bertz CT molecular complexity index is 320. The van der Waals surface area contributed by atoms with Crippen LogP contribution in [-0.2, 0) is 4.79 Å². The number of carboxylic acids is 1. The second kappa shape index (κ2) is 4.57. The lowest BCUT2D eigenvalue weighted by atomic mass is 9.94. The molecule has 2 heterocycles. The molecule has 6 heteroatoms. The summed E-state index contributed by atoms with van der Waals surface area (Å²) in [5, 5.41) is 17.4. The smallest absolute Gasteiger partial charge is 0.303 e. The van der Waals surface area contributed by atoms with E-state index >= 15 is 0 Å². The zero-order valence-electron chi connectivity index (χ0n) is 8.30. The Hall–Kier alpha value is -1.17. The van der Waals surface area contributed by atoms with Gasteiger partial charge in [-0.05, 0) is 18.8 Å². The molecule has 1 aromatic heterocycles. The lowest BCUT2D eigenvalue weighted by Crippen LogP contribution is -2.34. The van der Waals surface area contributed by atoms with Gasteiger partial charge in [-0.1, -0.05) is 11.3 Å². The molecule has 0 saturated carbocycles. The third-order valence-electron chi connectivity index (χ3n) is 2.70. The zero-order chi connectivity index (χ0) is 10.7. The highest BCUT2D eigenvalue weighted by atomic mass is 32.1. The van der Waals surface area contributed by atoms with Crippen LogP contribution in [0, 0.1) is 5.92 Å². The maximum atomic E-state index is 10.5. The molecule has 0 aliphatic carbocycles. The Morgan fingerprint density at radius 3 is 2.87 bits per heavy atom. The van der Waals surface area contributed by atoms with Crippen LogP contribution < -0.4 is 4.90 Å². The van der Waals surface area contributed by atoms with Gasteiger partial charge in [-0.2, -0.15) is 0 Å². The maximum absolute atomic E-state index is 10.5. The van der Waals surface area contributed by atoms with Crippen LogP contribution in [0.3, 0.4) is 0 Å². The molecule has 0 unspecified atom stereocenters. The van der Waals surface area contributed by atoms with Crippen molar-refractivity contribution >= 4 is 22.4 Å². The molecule has 2 rings (SSSR count). The molecular weight excluding hydrogens is 214 g/mol. The Morgan fingerprint density at radius 2 is 2.33 bits per heavy atom. The van der Waals surface area contributed by atoms with E-state index in [1.54, 1.807) is 5.51 Å². The fourth-order valence-electron chi connectivity index (χ4n) is 1.88. The molecule has 1 saturated heterocycles. The van der Waals surface area contributed by atoms with Crippen LogP contribution in [0.5, 0.6) is 0 Å². The van der Waals surface area contributed by atoms with Crippen molar-refractivity contribution < 1.29 is 9.90 Å². The first-order valence-corrected chi connectivity index (χ1v) is 5.86. The van der Waals surface area contributed by atoms with Crippen molar-refractivity contribution in [1.82, 2.24) is 10.2 Å². The lowest BCUT2D eigenvalue weighted by Gasteiger charge is -2.30. The fourth-order valence-corrected chi connectivity index (χ4v) is 2.49. The van der Waals surface area contributed by atoms with E-state index in [0.717, 1.165) is 31.1 Å². The standard InChI is InChI=1S/C9H13N3O2S/c13-8(14)5-7-1-3-12(4-2-7)9-11-10-6-15-9/h6-7H,1-5H2,(H,13,14). The molecule has 5 nitrogen and oxygen atoms in total. The second-order valence-corrected chi connectivity index (χ2v) is 4.56. The summed E-state index contributed by atoms with van der Waals surface area (Å²) >= 11 is 1.53.